The topological polar surface area (TPSA) is 55.6 Å². The summed E-state index contributed by atoms with van der Waals surface area (Å²) in [5, 5.41) is 11.7. The van der Waals surface area contributed by atoms with E-state index in [0.717, 1.165) is 10.6 Å². The van der Waals surface area contributed by atoms with E-state index in [9.17, 15) is 10.1 Å². The molecule has 0 bridgehead atoms. The zero-order chi connectivity index (χ0) is 11.6. The maximum absolute atomic E-state index is 10.7. The van der Waals surface area contributed by atoms with Gasteiger partial charge >= 0.3 is 5.00 Å². The Balaban J connectivity index is 3.17. The van der Waals surface area contributed by atoms with Gasteiger partial charge in [0.2, 0.25) is 0 Å². The first-order valence-corrected chi connectivity index (χ1v) is 5.27. The van der Waals surface area contributed by atoms with Crippen LogP contribution < -0.4 is 4.90 Å². The molecule has 1 atom stereocenters. The molecule has 84 valence electrons. The van der Waals surface area contributed by atoms with Crippen molar-refractivity contribution in [3.05, 3.63) is 21.7 Å². The Morgan fingerprint density at radius 3 is 2.60 bits per heavy atom. The van der Waals surface area contributed by atoms with Gasteiger partial charge < -0.3 is 9.64 Å². The summed E-state index contributed by atoms with van der Waals surface area (Å²) in [5.41, 5.74) is 0.860. The fourth-order valence-electron chi connectivity index (χ4n) is 1.24. The van der Waals surface area contributed by atoms with Gasteiger partial charge in [0, 0.05) is 32.8 Å². The van der Waals surface area contributed by atoms with Crippen LogP contribution >= 0.6 is 11.3 Å². The zero-order valence-electron chi connectivity index (χ0n) is 9.18. The first-order chi connectivity index (χ1) is 6.97. The van der Waals surface area contributed by atoms with Crippen LogP contribution in [-0.2, 0) is 4.74 Å². The number of thiophene rings is 1. The van der Waals surface area contributed by atoms with Gasteiger partial charge in [0.05, 0.1) is 11.0 Å². The van der Waals surface area contributed by atoms with Gasteiger partial charge in [-0.2, -0.15) is 0 Å². The van der Waals surface area contributed by atoms with Crippen LogP contribution in [-0.4, -0.2) is 26.1 Å². The molecule has 0 N–H and O–H groups in total. The average molecular weight is 230 g/mol. The molecule has 0 aliphatic rings. The van der Waals surface area contributed by atoms with Crippen molar-refractivity contribution in [3.8, 4) is 0 Å². The van der Waals surface area contributed by atoms with E-state index in [1.165, 1.54) is 11.3 Å². The standard InChI is InChI=1S/C9H14N2O3S/c1-6(14-4)7-5-8(11(12)13)15-9(7)10(2)3/h5-6H,1-4H3. The van der Waals surface area contributed by atoms with E-state index >= 15 is 0 Å². The SMILES string of the molecule is COC(C)c1cc([N+](=O)[O-])sc1N(C)C. The maximum atomic E-state index is 10.7. The van der Waals surface area contributed by atoms with E-state index in [4.69, 9.17) is 4.74 Å². The van der Waals surface area contributed by atoms with Gasteiger partial charge in [-0.1, -0.05) is 0 Å². The predicted molar refractivity (Wildman–Crippen MR) is 60.7 cm³/mol. The van der Waals surface area contributed by atoms with E-state index in [1.54, 1.807) is 13.2 Å². The second-order valence-electron chi connectivity index (χ2n) is 3.37. The summed E-state index contributed by atoms with van der Waals surface area (Å²) in [6.07, 6.45) is -0.132. The lowest BCUT2D eigenvalue weighted by Crippen LogP contribution is -2.10. The number of rotatable bonds is 4. The molecule has 0 fully saturated rings. The van der Waals surface area contributed by atoms with Crippen LogP contribution in [0.1, 0.15) is 18.6 Å². The Morgan fingerprint density at radius 1 is 1.60 bits per heavy atom. The van der Waals surface area contributed by atoms with Gasteiger partial charge in [-0.3, -0.25) is 10.1 Å². The molecule has 5 nitrogen and oxygen atoms in total. The minimum atomic E-state index is -0.371. The Hall–Kier alpha value is -1.14. The second-order valence-corrected chi connectivity index (χ2v) is 4.38. The first-order valence-electron chi connectivity index (χ1n) is 4.45. The molecule has 1 unspecified atom stereocenters. The van der Waals surface area contributed by atoms with Crippen molar-refractivity contribution in [2.45, 2.75) is 13.0 Å². The van der Waals surface area contributed by atoms with Crippen molar-refractivity contribution >= 4 is 21.3 Å². The number of anilines is 1. The van der Waals surface area contributed by atoms with E-state index in [0.29, 0.717) is 0 Å². The molecular weight excluding hydrogens is 216 g/mol. The summed E-state index contributed by atoms with van der Waals surface area (Å²) in [6, 6.07) is 1.58. The number of ether oxygens (including phenoxy) is 1. The molecule has 15 heavy (non-hydrogen) atoms. The van der Waals surface area contributed by atoms with Crippen LogP contribution in [0.2, 0.25) is 0 Å². The van der Waals surface area contributed by atoms with E-state index < -0.39 is 0 Å². The third kappa shape index (κ3) is 2.45. The fourth-order valence-corrected chi connectivity index (χ4v) is 2.22. The van der Waals surface area contributed by atoms with Crippen LogP contribution in [0.4, 0.5) is 10.0 Å². The highest BCUT2D eigenvalue weighted by atomic mass is 32.1. The smallest absolute Gasteiger partial charge is 0.326 e. The summed E-state index contributed by atoms with van der Waals surface area (Å²) >= 11 is 1.17. The second kappa shape index (κ2) is 4.59. The largest absolute Gasteiger partial charge is 0.377 e. The average Bonchev–Trinajstić information content (AvgIpc) is 2.61. The normalized spacial score (nSPS) is 12.5. The van der Waals surface area contributed by atoms with Gasteiger partial charge in [-0.05, 0) is 18.3 Å². The predicted octanol–water partition coefficient (Wildman–Crippen LogP) is 2.43. The highest BCUT2D eigenvalue weighted by Gasteiger charge is 2.21. The van der Waals surface area contributed by atoms with Crippen LogP contribution in [0.3, 0.4) is 0 Å². The van der Waals surface area contributed by atoms with E-state index in [1.807, 2.05) is 25.9 Å². The molecule has 0 radical (unpaired) electrons. The molecule has 1 aromatic heterocycles. The Bertz CT molecular complexity index is 362. The lowest BCUT2D eigenvalue weighted by Gasteiger charge is -2.15. The molecule has 1 aromatic rings. The Kier molecular flexibility index (Phi) is 3.65. The molecule has 1 rings (SSSR count). The van der Waals surface area contributed by atoms with Gasteiger partial charge in [-0.15, -0.1) is 0 Å². The number of hydrogen-bond acceptors (Lipinski definition) is 5. The molecule has 6 heteroatoms. The van der Waals surface area contributed by atoms with Crippen molar-refractivity contribution in [1.29, 1.82) is 0 Å². The van der Waals surface area contributed by atoms with Crippen molar-refractivity contribution in [2.24, 2.45) is 0 Å². The van der Waals surface area contributed by atoms with Gasteiger partial charge in [0.25, 0.3) is 0 Å². The van der Waals surface area contributed by atoms with Crippen molar-refractivity contribution < 1.29 is 9.66 Å². The summed E-state index contributed by atoms with van der Waals surface area (Å²) in [4.78, 5) is 12.1. The maximum Gasteiger partial charge on any atom is 0.326 e. The summed E-state index contributed by atoms with van der Waals surface area (Å²) in [7, 11) is 5.32. The lowest BCUT2D eigenvalue weighted by atomic mass is 10.2. The van der Waals surface area contributed by atoms with Gasteiger partial charge in [0.1, 0.15) is 5.00 Å². The highest BCUT2D eigenvalue weighted by Crippen LogP contribution is 2.39. The molecule has 0 amide bonds. The van der Waals surface area contributed by atoms with Gasteiger partial charge in [0.15, 0.2) is 0 Å². The molecule has 0 spiro atoms. The molecule has 1 heterocycles. The summed E-state index contributed by atoms with van der Waals surface area (Å²) in [6.45, 7) is 1.87. The molecule has 0 saturated heterocycles. The quantitative estimate of drug-likeness (QED) is 0.589. The molecule has 0 aliphatic carbocycles. The Morgan fingerprint density at radius 2 is 2.20 bits per heavy atom. The van der Waals surface area contributed by atoms with Crippen molar-refractivity contribution in [2.75, 3.05) is 26.1 Å². The van der Waals surface area contributed by atoms with Crippen LogP contribution in [0, 0.1) is 10.1 Å². The monoisotopic (exact) mass is 230 g/mol. The fraction of sp³-hybridized carbons (Fsp3) is 0.556. The molecule has 0 aliphatic heterocycles. The molecule has 0 saturated carbocycles. The third-order valence-electron chi connectivity index (χ3n) is 2.10. The van der Waals surface area contributed by atoms with Crippen molar-refractivity contribution in [1.82, 2.24) is 0 Å². The minimum Gasteiger partial charge on any atom is -0.377 e. The van der Waals surface area contributed by atoms with E-state index in [2.05, 4.69) is 0 Å². The lowest BCUT2D eigenvalue weighted by molar-refractivity contribution is -0.380. The summed E-state index contributed by atoms with van der Waals surface area (Å²) in [5.74, 6) is 0. The Labute approximate surface area is 92.4 Å². The number of nitrogens with zero attached hydrogens (tertiary/aromatic N) is 2. The van der Waals surface area contributed by atoms with E-state index in [-0.39, 0.29) is 16.0 Å². The third-order valence-corrected chi connectivity index (χ3v) is 3.38. The number of hydrogen-bond donors (Lipinski definition) is 0. The van der Waals surface area contributed by atoms with Crippen LogP contribution in [0.15, 0.2) is 6.07 Å². The van der Waals surface area contributed by atoms with Crippen LogP contribution in [0.25, 0.3) is 0 Å². The molecular formula is C9H14N2O3S. The first kappa shape index (κ1) is 11.9. The number of nitro groups is 1. The van der Waals surface area contributed by atoms with Crippen LogP contribution in [0.5, 0.6) is 0 Å². The molecule has 0 aromatic carbocycles. The van der Waals surface area contributed by atoms with Gasteiger partial charge in [-0.25, -0.2) is 0 Å². The zero-order valence-corrected chi connectivity index (χ0v) is 10.00. The number of methoxy groups -OCH3 is 1. The highest BCUT2D eigenvalue weighted by molar-refractivity contribution is 7.19. The summed E-state index contributed by atoms with van der Waals surface area (Å²) < 4.78 is 5.18. The van der Waals surface area contributed by atoms with Crippen molar-refractivity contribution in [3.63, 3.8) is 0 Å². The minimum absolute atomic E-state index is 0.132.